The zero-order valence-corrected chi connectivity index (χ0v) is 29.8. The van der Waals surface area contributed by atoms with Crippen molar-refractivity contribution in [2.24, 2.45) is 0 Å². The zero-order valence-electron chi connectivity index (χ0n) is 29.0. The molecule has 6 aromatic rings. The summed E-state index contributed by atoms with van der Waals surface area (Å²) >= 11 is 0. The van der Waals surface area contributed by atoms with Crippen LogP contribution < -0.4 is 19.5 Å². The smallest absolute Gasteiger partial charge is 0.244 e. The number of ether oxygens (including phenoxy) is 3. The van der Waals surface area contributed by atoms with Gasteiger partial charge in [0.25, 0.3) is 0 Å². The lowest BCUT2D eigenvalue weighted by atomic mass is 10.0. The van der Waals surface area contributed by atoms with Gasteiger partial charge in [-0.25, -0.2) is 13.4 Å². The third-order valence-corrected chi connectivity index (χ3v) is 10.2. The van der Waals surface area contributed by atoms with Gasteiger partial charge in [0, 0.05) is 31.4 Å². The van der Waals surface area contributed by atoms with Crippen molar-refractivity contribution >= 4 is 15.8 Å². The van der Waals surface area contributed by atoms with Crippen LogP contribution in [-0.4, -0.2) is 77.5 Å². The maximum absolute atomic E-state index is 15.0. The molecule has 2 aromatic heterocycles. The third kappa shape index (κ3) is 8.37. The molecular formula is C38H39N7O6S. The van der Waals surface area contributed by atoms with E-state index >= 15 is 8.42 Å². The molecule has 0 aliphatic carbocycles. The minimum atomic E-state index is -4.24. The molecule has 0 radical (unpaired) electrons. The number of hydrogen-bond donors (Lipinski definition) is 2. The van der Waals surface area contributed by atoms with Crippen molar-refractivity contribution in [2.75, 3.05) is 39.8 Å². The van der Waals surface area contributed by atoms with E-state index in [9.17, 15) is 5.11 Å². The summed E-state index contributed by atoms with van der Waals surface area (Å²) in [6, 6.07) is 30.8. The molecule has 6 rings (SSSR count). The highest BCUT2D eigenvalue weighted by Gasteiger charge is 2.31. The van der Waals surface area contributed by atoms with Gasteiger partial charge in [0.2, 0.25) is 15.8 Å². The van der Waals surface area contributed by atoms with Gasteiger partial charge in [0.05, 0.1) is 44.9 Å². The highest BCUT2D eigenvalue weighted by molar-refractivity contribution is 7.89. The Morgan fingerprint density at radius 2 is 1.33 bits per heavy atom. The van der Waals surface area contributed by atoms with E-state index in [-0.39, 0.29) is 36.0 Å². The zero-order chi connectivity index (χ0) is 36.5. The van der Waals surface area contributed by atoms with E-state index < -0.39 is 10.0 Å². The molecule has 0 bridgehead atoms. The molecule has 14 heteroatoms. The van der Waals surface area contributed by atoms with Crippen molar-refractivity contribution in [1.82, 2.24) is 29.5 Å². The molecule has 2 heterocycles. The summed E-state index contributed by atoms with van der Waals surface area (Å²) in [4.78, 5) is 5.93. The first-order chi connectivity index (χ1) is 25.3. The Morgan fingerprint density at radius 3 is 1.85 bits per heavy atom. The first-order valence-electron chi connectivity index (χ1n) is 16.4. The normalized spacial score (nSPS) is 11.4. The molecule has 0 atom stereocenters. The maximum atomic E-state index is 15.0. The average molecular weight is 722 g/mol. The van der Waals surface area contributed by atoms with Crippen LogP contribution in [-0.2, 0) is 29.7 Å². The molecule has 52 heavy (non-hydrogen) atoms. The Hall–Kier alpha value is -5.83. The molecule has 4 aromatic carbocycles. The van der Waals surface area contributed by atoms with Gasteiger partial charge in [-0.05, 0) is 82.1 Å². The van der Waals surface area contributed by atoms with E-state index in [1.165, 1.54) is 9.10 Å². The van der Waals surface area contributed by atoms with E-state index in [4.69, 9.17) is 19.3 Å². The number of rotatable bonds is 16. The van der Waals surface area contributed by atoms with Crippen LogP contribution in [0, 0.1) is 0 Å². The minimum absolute atomic E-state index is 0.0125. The second kappa shape index (κ2) is 16.5. The molecule has 0 aliphatic heterocycles. The predicted molar refractivity (Wildman–Crippen MR) is 197 cm³/mol. The summed E-state index contributed by atoms with van der Waals surface area (Å²) in [5.74, 6) is 2.76. The fourth-order valence-electron chi connectivity index (χ4n) is 5.60. The van der Waals surface area contributed by atoms with Gasteiger partial charge in [-0.3, -0.25) is 0 Å². The Bertz CT molecular complexity index is 2130. The van der Waals surface area contributed by atoms with Gasteiger partial charge in [0.1, 0.15) is 23.1 Å². The molecule has 0 unspecified atom stereocenters. The van der Waals surface area contributed by atoms with Crippen LogP contribution in [0.5, 0.6) is 17.2 Å². The van der Waals surface area contributed by atoms with Gasteiger partial charge in [0.15, 0.2) is 0 Å². The van der Waals surface area contributed by atoms with E-state index in [0.29, 0.717) is 41.5 Å². The summed E-state index contributed by atoms with van der Waals surface area (Å²) in [5, 5.41) is 25.7. The monoisotopic (exact) mass is 721 g/mol. The fraction of sp³-hybridized carbons (Fsp3) is 0.211. The van der Waals surface area contributed by atoms with Crippen LogP contribution in [0.1, 0.15) is 16.7 Å². The first kappa shape index (κ1) is 36.0. The van der Waals surface area contributed by atoms with Gasteiger partial charge in [-0.1, -0.05) is 48.5 Å². The SMILES string of the molecule is COc1ccc(CN(Cc2ccc(OC)cc2)S(=O)(=O)c2cccc(-c3ccc(NCCO)nc3)c2-c2nnn(Cc3ccc(OC)cc3)n2)cc1. The largest absolute Gasteiger partial charge is 0.497 e. The van der Waals surface area contributed by atoms with Crippen LogP contribution >= 0.6 is 0 Å². The summed E-state index contributed by atoms with van der Waals surface area (Å²) in [7, 11) is 0.535. The van der Waals surface area contributed by atoms with E-state index in [1.807, 2.05) is 60.7 Å². The van der Waals surface area contributed by atoms with E-state index in [2.05, 4.69) is 20.6 Å². The standard InChI is InChI=1S/C38H39N7O6S/c1-49-31-14-7-27(8-15-31)24-44(25-28-9-16-32(50-2)17-10-28)52(47,48)35-6-4-5-34(30-13-20-36(40-23-30)39-21-22-46)37(35)38-41-43-45(42-38)26-29-11-18-33(51-3)19-12-29/h4-20,23,46H,21-22,24-26H2,1-3H3,(H,39,40). The highest BCUT2D eigenvalue weighted by Crippen LogP contribution is 2.37. The molecule has 0 saturated carbocycles. The number of aliphatic hydroxyl groups excluding tert-OH is 1. The molecule has 268 valence electrons. The fourth-order valence-corrected chi connectivity index (χ4v) is 7.22. The molecular weight excluding hydrogens is 683 g/mol. The van der Waals surface area contributed by atoms with Crippen molar-refractivity contribution < 1.29 is 27.7 Å². The van der Waals surface area contributed by atoms with Gasteiger partial charge in [-0.2, -0.15) is 9.10 Å². The Morgan fingerprint density at radius 1 is 0.750 bits per heavy atom. The number of nitrogens with zero attached hydrogens (tertiary/aromatic N) is 6. The van der Waals surface area contributed by atoms with Crippen molar-refractivity contribution in [1.29, 1.82) is 0 Å². The lowest BCUT2D eigenvalue weighted by Crippen LogP contribution is -2.31. The molecule has 0 aliphatic rings. The van der Waals surface area contributed by atoms with Crippen molar-refractivity contribution in [3.63, 3.8) is 0 Å². The van der Waals surface area contributed by atoms with Crippen LogP contribution in [0.2, 0.25) is 0 Å². The number of pyridine rings is 1. The topological polar surface area (TPSA) is 154 Å². The summed E-state index contributed by atoms with van der Waals surface area (Å²) in [5.41, 5.74) is 3.94. The van der Waals surface area contributed by atoms with E-state index in [0.717, 1.165) is 22.4 Å². The number of anilines is 1. The number of sulfonamides is 1. The van der Waals surface area contributed by atoms with Crippen molar-refractivity contribution in [3.05, 3.63) is 126 Å². The van der Waals surface area contributed by atoms with Gasteiger partial charge in [-0.15, -0.1) is 10.2 Å². The number of benzene rings is 4. The van der Waals surface area contributed by atoms with Crippen LogP contribution in [0.25, 0.3) is 22.5 Å². The molecule has 13 nitrogen and oxygen atoms in total. The van der Waals surface area contributed by atoms with Crippen LogP contribution in [0.15, 0.2) is 114 Å². The van der Waals surface area contributed by atoms with Crippen LogP contribution in [0.4, 0.5) is 5.82 Å². The molecule has 0 saturated heterocycles. The van der Waals surface area contributed by atoms with Crippen LogP contribution in [0.3, 0.4) is 0 Å². The van der Waals surface area contributed by atoms with Crippen molar-refractivity contribution in [3.8, 4) is 39.8 Å². The lowest BCUT2D eigenvalue weighted by molar-refractivity contribution is 0.311. The molecule has 0 amide bonds. The minimum Gasteiger partial charge on any atom is -0.497 e. The number of nitrogens with one attached hydrogen (secondary N) is 1. The Kier molecular flexibility index (Phi) is 11.4. The maximum Gasteiger partial charge on any atom is 0.244 e. The lowest BCUT2D eigenvalue weighted by Gasteiger charge is -2.24. The Labute approximate surface area is 302 Å². The Balaban J connectivity index is 1.45. The van der Waals surface area contributed by atoms with Gasteiger partial charge >= 0.3 is 0 Å². The quantitative estimate of drug-likeness (QED) is 0.134. The number of aliphatic hydroxyl groups is 1. The molecule has 2 N–H and O–H groups in total. The number of aromatic nitrogens is 5. The predicted octanol–water partition coefficient (Wildman–Crippen LogP) is 5.27. The second-order valence-corrected chi connectivity index (χ2v) is 13.6. The average Bonchev–Trinajstić information content (AvgIpc) is 3.65. The number of methoxy groups -OCH3 is 3. The van der Waals surface area contributed by atoms with E-state index in [1.54, 1.807) is 70.0 Å². The molecule has 0 spiro atoms. The third-order valence-electron chi connectivity index (χ3n) is 8.33. The summed E-state index contributed by atoms with van der Waals surface area (Å²) in [6.45, 7) is 0.744. The second-order valence-electron chi connectivity index (χ2n) is 11.7. The number of hydrogen-bond acceptors (Lipinski definition) is 11. The molecule has 0 fully saturated rings. The number of tetrazole rings is 1. The highest BCUT2D eigenvalue weighted by atomic mass is 32.2. The summed E-state index contributed by atoms with van der Waals surface area (Å²) < 4.78 is 47.4. The van der Waals surface area contributed by atoms with Gasteiger partial charge < -0.3 is 24.6 Å². The summed E-state index contributed by atoms with van der Waals surface area (Å²) in [6.07, 6.45) is 1.64. The first-order valence-corrected chi connectivity index (χ1v) is 17.9. The van der Waals surface area contributed by atoms with Crippen molar-refractivity contribution in [2.45, 2.75) is 24.5 Å².